The number of rotatable bonds is 5. The van der Waals surface area contributed by atoms with E-state index in [4.69, 9.17) is 4.74 Å². The fourth-order valence-corrected chi connectivity index (χ4v) is 2.27. The SMILES string of the molecule is CC(C)c1c(OCc2ccccc2)cccc1B(O)O. The Kier molecular flexibility index (Phi) is 4.82. The Morgan fingerprint density at radius 1 is 1.00 bits per heavy atom. The minimum Gasteiger partial charge on any atom is -0.489 e. The topological polar surface area (TPSA) is 49.7 Å². The molecule has 0 amide bonds. The van der Waals surface area contributed by atoms with Crippen molar-refractivity contribution in [1.82, 2.24) is 0 Å². The lowest BCUT2D eigenvalue weighted by molar-refractivity contribution is 0.302. The summed E-state index contributed by atoms with van der Waals surface area (Å²) in [6, 6.07) is 15.3. The fourth-order valence-electron chi connectivity index (χ4n) is 2.27. The van der Waals surface area contributed by atoms with Crippen LogP contribution < -0.4 is 10.2 Å². The summed E-state index contributed by atoms with van der Waals surface area (Å²) in [5.74, 6) is 0.855. The van der Waals surface area contributed by atoms with Gasteiger partial charge in [0, 0.05) is 0 Å². The average molecular weight is 270 g/mol. The van der Waals surface area contributed by atoms with Crippen molar-refractivity contribution in [1.29, 1.82) is 0 Å². The molecule has 0 saturated heterocycles. The fraction of sp³-hybridized carbons (Fsp3) is 0.250. The zero-order valence-electron chi connectivity index (χ0n) is 11.8. The molecule has 0 spiro atoms. The van der Waals surface area contributed by atoms with Gasteiger partial charge >= 0.3 is 7.12 Å². The van der Waals surface area contributed by atoms with Crippen molar-refractivity contribution >= 4 is 12.6 Å². The first kappa shape index (κ1) is 14.6. The highest BCUT2D eigenvalue weighted by Gasteiger charge is 2.21. The monoisotopic (exact) mass is 270 g/mol. The van der Waals surface area contributed by atoms with Crippen LogP contribution in [0.15, 0.2) is 48.5 Å². The molecule has 0 aliphatic heterocycles. The standard InChI is InChI=1S/C16H19BO3/c1-12(2)16-14(17(18)19)9-6-10-15(16)20-11-13-7-4-3-5-8-13/h3-10,12,18-19H,11H2,1-2H3. The minimum atomic E-state index is -1.48. The maximum Gasteiger partial charge on any atom is 0.488 e. The predicted molar refractivity (Wildman–Crippen MR) is 81.1 cm³/mol. The van der Waals surface area contributed by atoms with Gasteiger partial charge in [-0.05, 0) is 28.6 Å². The molecule has 0 aromatic heterocycles. The highest BCUT2D eigenvalue weighted by molar-refractivity contribution is 6.59. The van der Waals surface area contributed by atoms with Gasteiger partial charge in [0.2, 0.25) is 0 Å². The molecule has 0 heterocycles. The average Bonchev–Trinajstić information content (AvgIpc) is 2.45. The second-order valence-corrected chi connectivity index (χ2v) is 5.06. The van der Waals surface area contributed by atoms with Gasteiger partial charge in [-0.1, -0.05) is 56.3 Å². The van der Waals surface area contributed by atoms with E-state index in [0.717, 1.165) is 11.1 Å². The molecule has 0 saturated carbocycles. The molecule has 0 unspecified atom stereocenters. The molecule has 0 atom stereocenters. The Morgan fingerprint density at radius 2 is 1.70 bits per heavy atom. The van der Waals surface area contributed by atoms with Crippen LogP contribution in [-0.4, -0.2) is 17.2 Å². The largest absolute Gasteiger partial charge is 0.489 e. The Bertz CT molecular complexity index is 553. The molecule has 0 fully saturated rings. The van der Waals surface area contributed by atoms with Crippen molar-refractivity contribution < 1.29 is 14.8 Å². The first-order valence-corrected chi connectivity index (χ1v) is 6.75. The molecular formula is C16H19BO3. The Labute approximate surface area is 120 Å². The minimum absolute atomic E-state index is 0.152. The second kappa shape index (κ2) is 6.59. The zero-order valence-corrected chi connectivity index (χ0v) is 11.8. The van der Waals surface area contributed by atoms with Crippen LogP contribution >= 0.6 is 0 Å². The van der Waals surface area contributed by atoms with Gasteiger partial charge in [0.15, 0.2) is 0 Å². The quantitative estimate of drug-likeness (QED) is 0.818. The van der Waals surface area contributed by atoms with Crippen LogP contribution in [0.2, 0.25) is 0 Å². The van der Waals surface area contributed by atoms with E-state index in [0.29, 0.717) is 17.8 Å². The molecule has 0 radical (unpaired) electrons. The van der Waals surface area contributed by atoms with Gasteiger partial charge < -0.3 is 14.8 Å². The molecule has 4 heteroatoms. The van der Waals surface area contributed by atoms with Crippen molar-refractivity contribution in [3.63, 3.8) is 0 Å². The summed E-state index contributed by atoms with van der Waals surface area (Å²) >= 11 is 0. The predicted octanol–water partition coefficient (Wildman–Crippen LogP) is 2.07. The second-order valence-electron chi connectivity index (χ2n) is 5.06. The molecule has 0 bridgehead atoms. The molecule has 2 N–H and O–H groups in total. The van der Waals surface area contributed by atoms with Gasteiger partial charge in [0.25, 0.3) is 0 Å². The van der Waals surface area contributed by atoms with Crippen molar-refractivity contribution in [3.8, 4) is 5.75 Å². The third kappa shape index (κ3) is 3.41. The summed E-state index contributed by atoms with van der Waals surface area (Å²) in [7, 11) is -1.48. The molecule has 0 aliphatic rings. The molecular weight excluding hydrogens is 251 g/mol. The van der Waals surface area contributed by atoms with Gasteiger partial charge in [0.05, 0.1) is 0 Å². The molecule has 2 aromatic rings. The van der Waals surface area contributed by atoms with E-state index in [1.165, 1.54) is 0 Å². The molecule has 0 aliphatic carbocycles. The number of hydrogen-bond acceptors (Lipinski definition) is 3. The smallest absolute Gasteiger partial charge is 0.488 e. The zero-order chi connectivity index (χ0) is 14.5. The lowest BCUT2D eigenvalue weighted by Gasteiger charge is -2.18. The maximum absolute atomic E-state index is 9.46. The van der Waals surface area contributed by atoms with Crippen LogP contribution in [0, 0.1) is 0 Å². The molecule has 20 heavy (non-hydrogen) atoms. The summed E-state index contributed by atoms with van der Waals surface area (Å²) in [6.45, 7) is 4.48. The summed E-state index contributed by atoms with van der Waals surface area (Å²) in [5.41, 5.74) is 2.43. The first-order valence-electron chi connectivity index (χ1n) is 6.75. The number of benzene rings is 2. The van der Waals surface area contributed by atoms with Crippen LogP contribution in [-0.2, 0) is 6.61 Å². The summed E-state index contributed by atoms with van der Waals surface area (Å²) in [4.78, 5) is 0. The lowest BCUT2D eigenvalue weighted by Crippen LogP contribution is -2.33. The van der Waals surface area contributed by atoms with Crippen LogP contribution in [0.3, 0.4) is 0 Å². The van der Waals surface area contributed by atoms with Crippen molar-refractivity contribution in [3.05, 3.63) is 59.7 Å². The first-order chi connectivity index (χ1) is 9.59. The van der Waals surface area contributed by atoms with Gasteiger partial charge in [-0.3, -0.25) is 0 Å². The van der Waals surface area contributed by atoms with Crippen LogP contribution in [0.5, 0.6) is 5.75 Å². The van der Waals surface area contributed by atoms with E-state index >= 15 is 0 Å². The highest BCUT2D eigenvalue weighted by atomic mass is 16.5. The van der Waals surface area contributed by atoms with Crippen LogP contribution in [0.4, 0.5) is 0 Å². The Balaban J connectivity index is 2.25. The Morgan fingerprint density at radius 3 is 2.30 bits per heavy atom. The van der Waals surface area contributed by atoms with Crippen molar-refractivity contribution in [2.75, 3.05) is 0 Å². The molecule has 2 rings (SSSR count). The third-order valence-electron chi connectivity index (χ3n) is 3.19. The summed E-state index contributed by atoms with van der Waals surface area (Å²) < 4.78 is 5.85. The van der Waals surface area contributed by atoms with E-state index in [1.54, 1.807) is 12.1 Å². The van der Waals surface area contributed by atoms with E-state index < -0.39 is 7.12 Å². The van der Waals surface area contributed by atoms with Gasteiger partial charge in [0.1, 0.15) is 12.4 Å². The number of hydrogen-bond donors (Lipinski definition) is 2. The van der Waals surface area contributed by atoms with Crippen LogP contribution in [0.25, 0.3) is 0 Å². The van der Waals surface area contributed by atoms with Gasteiger partial charge in [-0.15, -0.1) is 0 Å². The molecule has 3 nitrogen and oxygen atoms in total. The molecule has 2 aromatic carbocycles. The van der Waals surface area contributed by atoms with Crippen molar-refractivity contribution in [2.45, 2.75) is 26.4 Å². The summed E-state index contributed by atoms with van der Waals surface area (Å²) in [5, 5.41) is 18.9. The summed E-state index contributed by atoms with van der Waals surface area (Å²) in [6.07, 6.45) is 0. The van der Waals surface area contributed by atoms with Crippen molar-refractivity contribution in [2.24, 2.45) is 0 Å². The Hall–Kier alpha value is -1.78. The van der Waals surface area contributed by atoms with E-state index in [2.05, 4.69) is 0 Å². The van der Waals surface area contributed by atoms with E-state index in [1.807, 2.05) is 50.2 Å². The van der Waals surface area contributed by atoms with Crippen LogP contribution in [0.1, 0.15) is 30.9 Å². The van der Waals surface area contributed by atoms with E-state index in [-0.39, 0.29) is 5.92 Å². The van der Waals surface area contributed by atoms with Gasteiger partial charge in [-0.25, -0.2) is 0 Å². The maximum atomic E-state index is 9.46. The highest BCUT2D eigenvalue weighted by Crippen LogP contribution is 2.25. The third-order valence-corrected chi connectivity index (χ3v) is 3.19. The van der Waals surface area contributed by atoms with E-state index in [9.17, 15) is 10.0 Å². The molecule has 104 valence electrons. The normalized spacial score (nSPS) is 10.7. The lowest BCUT2D eigenvalue weighted by atomic mass is 9.74. The number of ether oxygens (including phenoxy) is 1. The van der Waals surface area contributed by atoms with Gasteiger partial charge in [-0.2, -0.15) is 0 Å².